The fraction of sp³-hybridized carbons (Fsp3) is 0.600. The van der Waals surface area contributed by atoms with Crippen LogP contribution in [0.15, 0.2) is 18.2 Å². The van der Waals surface area contributed by atoms with Gasteiger partial charge in [0.05, 0.1) is 5.69 Å². The predicted octanol–water partition coefficient (Wildman–Crippen LogP) is 2.55. The molecule has 0 unspecified atom stereocenters. The molecule has 19 heavy (non-hydrogen) atoms. The molecule has 1 N–H and O–H groups in total. The van der Waals surface area contributed by atoms with Crippen LogP contribution in [0.5, 0.6) is 0 Å². The number of benzene rings is 1. The van der Waals surface area contributed by atoms with E-state index in [2.05, 4.69) is 10.2 Å². The van der Waals surface area contributed by atoms with E-state index in [0.717, 1.165) is 50.5 Å². The van der Waals surface area contributed by atoms with Crippen LogP contribution in [-0.2, 0) is 11.3 Å². The molecule has 1 heterocycles. The normalized spacial score (nSPS) is 15.2. The largest absolute Gasteiger partial charge is 0.385 e. The standard InChI is InChI=1S/C15H23FN2O/c1-19-10-4-7-17-12-13-5-6-14(16)15(11-13)18-8-2-3-9-18/h5-6,11,17H,2-4,7-10,12H2,1H3. The van der Waals surface area contributed by atoms with Crippen molar-refractivity contribution in [2.24, 2.45) is 0 Å². The number of halogens is 1. The van der Waals surface area contributed by atoms with Gasteiger partial charge in [0.25, 0.3) is 0 Å². The van der Waals surface area contributed by atoms with Crippen molar-refractivity contribution in [2.45, 2.75) is 25.8 Å². The van der Waals surface area contributed by atoms with Gasteiger partial charge in [-0.1, -0.05) is 6.07 Å². The lowest BCUT2D eigenvalue weighted by molar-refractivity contribution is 0.194. The van der Waals surface area contributed by atoms with Crippen molar-refractivity contribution in [2.75, 3.05) is 38.3 Å². The Labute approximate surface area is 114 Å². The summed E-state index contributed by atoms with van der Waals surface area (Å²) in [6, 6.07) is 5.42. The molecule has 4 heteroatoms. The Morgan fingerprint density at radius 3 is 2.84 bits per heavy atom. The van der Waals surface area contributed by atoms with Crippen molar-refractivity contribution in [3.05, 3.63) is 29.6 Å². The second-order valence-electron chi connectivity index (χ2n) is 5.00. The zero-order valence-corrected chi connectivity index (χ0v) is 11.6. The maximum atomic E-state index is 13.8. The highest BCUT2D eigenvalue weighted by atomic mass is 19.1. The Morgan fingerprint density at radius 1 is 1.32 bits per heavy atom. The Bertz CT molecular complexity index is 392. The lowest BCUT2D eigenvalue weighted by Gasteiger charge is -2.19. The highest BCUT2D eigenvalue weighted by molar-refractivity contribution is 5.50. The zero-order valence-electron chi connectivity index (χ0n) is 11.6. The van der Waals surface area contributed by atoms with Crippen LogP contribution < -0.4 is 10.2 Å². The van der Waals surface area contributed by atoms with Gasteiger partial charge in [0, 0.05) is 33.4 Å². The summed E-state index contributed by atoms with van der Waals surface area (Å²) in [7, 11) is 1.71. The number of rotatable bonds is 7. The molecule has 0 amide bonds. The van der Waals surface area contributed by atoms with Gasteiger partial charge in [0.1, 0.15) is 5.82 Å². The molecule has 0 spiro atoms. The maximum absolute atomic E-state index is 13.8. The van der Waals surface area contributed by atoms with Crippen LogP contribution in [0.25, 0.3) is 0 Å². The highest BCUT2D eigenvalue weighted by Crippen LogP contribution is 2.24. The Hall–Kier alpha value is -1.13. The molecule has 3 nitrogen and oxygen atoms in total. The first-order valence-electron chi connectivity index (χ1n) is 7.04. The van der Waals surface area contributed by atoms with E-state index < -0.39 is 0 Å². The van der Waals surface area contributed by atoms with Crippen LogP contribution in [0, 0.1) is 5.82 Å². The summed E-state index contributed by atoms with van der Waals surface area (Å²) < 4.78 is 18.8. The number of hydrogen-bond acceptors (Lipinski definition) is 3. The first-order valence-corrected chi connectivity index (χ1v) is 7.04. The zero-order chi connectivity index (χ0) is 13.5. The number of hydrogen-bond donors (Lipinski definition) is 1. The molecular formula is C15H23FN2O. The van der Waals surface area contributed by atoms with Crippen LogP contribution in [0.3, 0.4) is 0 Å². The van der Waals surface area contributed by atoms with Gasteiger partial charge >= 0.3 is 0 Å². The summed E-state index contributed by atoms with van der Waals surface area (Å²) in [5.41, 5.74) is 1.90. The minimum absolute atomic E-state index is 0.106. The third kappa shape index (κ3) is 4.18. The van der Waals surface area contributed by atoms with Crippen molar-refractivity contribution in [3.8, 4) is 0 Å². The molecule has 2 rings (SSSR count). The van der Waals surface area contributed by atoms with Crippen molar-refractivity contribution in [3.63, 3.8) is 0 Å². The Balaban J connectivity index is 1.88. The molecule has 0 aromatic heterocycles. The highest BCUT2D eigenvalue weighted by Gasteiger charge is 2.16. The van der Waals surface area contributed by atoms with Gasteiger partial charge in [0.2, 0.25) is 0 Å². The van der Waals surface area contributed by atoms with Gasteiger partial charge in [0.15, 0.2) is 0 Å². The minimum atomic E-state index is -0.106. The lowest BCUT2D eigenvalue weighted by atomic mass is 10.1. The van der Waals surface area contributed by atoms with E-state index in [1.54, 1.807) is 13.2 Å². The van der Waals surface area contributed by atoms with Gasteiger partial charge in [-0.05, 0) is 43.5 Å². The number of ether oxygens (including phenoxy) is 1. The smallest absolute Gasteiger partial charge is 0.146 e. The van der Waals surface area contributed by atoms with Gasteiger partial charge in [-0.25, -0.2) is 4.39 Å². The fourth-order valence-corrected chi connectivity index (χ4v) is 2.44. The topological polar surface area (TPSA) is 24.5 Å². The minimum Gasteiger partial charge on any atom is -0.385 e. The van der Waals surface area contributed by atoms with E-state index in [1.807, 2.05) is 12.1 Å². The molecule has 1 aromatic rings. The summed E-state index contributed by atoms with van der Waals surface area (Å²) in [6.07, 6.45) is 3.33. The van der Waals surface area contributed by atoms with Gasteiger partial charge < -0.3 is 15.0 Å². The molecule has 1 aliphatic heterocycles. The molecule has 0 atom stereocenters. The van der Waals surface area contributed by atoms with Crippen LogP contribution in [0.4, 0.5) is 10.1 Å². The quantitative estimate of drug-likeness (QED) is 0.768. The third-order valence-electron chi connectivity index (χ3n) is 3.49. The number of nitrogens with zero attached hydrogens (tertiary/aromatic N) is 1. The molecule has 0 radical (unpaired) electrons. The molecule has 0 aliphatic carbocycles. The molecule has 1 fully saturated rings. The summed E-state index contributed by atoms with van der Waals surface area (Å²) in [5, 5.41) is 3.35. The van der Waals surface area contributed by atoms with E-state index in [4.69, 9.17) is 4.74 Å². The average Bonchev–Trinajstić information content (AvgIpc) is 2.94. The van der Waals surface area contributed by atoms with Gasteiger partial charge in [-0.2, -0.15) is 0 Å². The first-order chi connectivity index (χ1) is 9.31. The van der Waals surface area contributed by atoms with E-state index >= 15 is 0 Å². The van der Waals surface area contributed by atoms with E-state index in [-0.39, 0.29) is 5.82 Å². The third-order valence-corrected chi connectivity index (χ3v) is 3.49. The summed E-state index contributed by atoms with van der Waals surface area (Å²) in [5.74, 6) is -0.106. The van der Waals surface area contributed by atoms with Gasteiger partial charge in [-0.15, -0.1) is 0 Å². The Morgan fingerprint density at radius 2 is 2.11 bits per heavy atom. The number of anilines is 1. The molecule has 0 bridgehead atoms. The second-order valence-corrected chi connectivity index (χ2v) is 5.00. The molecule has 1 aliphatic rings. The summed E-state index contributed by atoms with van der Waals surface area (Å²) in [6.45, 7) is 4.42. The maximum Gasteiger partial charge on any atom is 0.146 e. The van der Waals surface area contributed by atoms with E-state index in [9.17, 15) is 4.39 Å². The van der Waals surface area contributed by atoms with Crippen molar-refractivity contribution >= 4 is 5.69 Å². The van der Waals surface area contributed by atoms with Crippen LogP contribution >= 0.6 is 0 Å². The number of methoxy groups -OCH3 is 1. The van der Waals surface area contributed by atoms with Crippen molar-refractivity contribution < 1.29 is 9.13 Å². The predicted molar refractivity (Wildman–Crippen MR) is 76.0 cm³/mol. The van der Waals surface area contributed by atoms with Crippen LogP contribution in [0.2, 0.25) is 0 Å². The Kier molecular flexibility index (Phi) is 5.61. The molecule has 106 valence electrons. The van der Waals surface area contributed by atoms with Crippen molar-refractivity contribution in [1.29, 1.82) is 0 Å². The SMILES string of the molecule is COCCCNCc1ccc(F)c(N2CCCC2)c1. The van der Waals surface area contributed by atoms with Crippen molar-refractivity contribution in [1.82, 2.24) is 5.32 Å². The second kappa shape index (κ2) is 7.46. The van der Waals surface area contributed by atoms with Gasteiger partial charge in [-0.3, -0.25) is 0 Å². The van der Waals surface area contributed by atoms with E-state index in [0.29, 0.717) is 0 Å². The number of nitrogens with one attached hydrogen (secondary N) is 1. The first kappa shape index (κ1) is 14.3. The average molecular weight is 266 g/mol. The molecule has 1 aromatic carbocycles. The summed E-state index contributed by atoms with van der Waals surface area (Å²) in [4.78, 5) is 2.14. The molecule has 1 saturated heterocycles. The fourth-order valence-electron chi connectivity index (χ4n) is 2.44. The van der Waals surface area contributed by atoms with Crippen LogP contribution in [0.1, 0.15) is 24.8 Å². The summed E-state index contributed by atoms with van der Waals surface area (Å²) >= 11 is 0. The van der Waals surface area contributed by atoms with Crippen LogP contribution in [-0.4, -0.2) is 33.4 Å². The molecule has 0 saturated carbocycles. The lowest BCUT2D eigenvalue weighted by Crippen LogP contribution is -2.20. The monoisotopic (exact) mass is 266 g/mol. The van der Waals surface area contributed by atoms with E-state index in [1.165, 1.54) is 12.8 Å². The molecular weight excluding hydrogens is 243 g/mol.